The van der Waals surface area contributed by atoms with E-state index in [1.165, 1.54) is 16.5 Å². The molecule has 5 heteroatoms. The zero-order valence-corrected chi connectivity index (χ0v) is 17.6. The monoisotopic (exact) mass is 410 g/mol. The predicted molar refractivity (Wildman–Crippen MR) is 123 cm³/mol. The number of nitrogens with zero attached hydrogens (tertiary/aromatic N) is 3. The number of carbonyl (C=O) groups is 1. The number of aromatic amines is 1. The molecule has 31 heavy (non-hydrogen) atoms. The van der Waals surface area contributed by atoms with Gasteiger partial charge in [0.1, 0.15) is 0 Å². The van der Waals surface area contributed by atoms with Crippen molar-refractivity contribution in [1.82, 2.24) is 14.5 Å². The van der Waals surface area contributed by atoms with Crippen LogP contribution in [-0.2, 0) is 6.54 Å². The Bertz CT molecular complexity index is 1270. The Balaban J connectivity index is 1.28. The summed E-state index contributed by atoms with van der Waals surface area (Å²) in [6.45, 7) is 2.93. The van der Waals surface area contributed by atoms with Gasteiger partial charge in [-0.15, -0.1) is 0 Å². The molecule has 0 amide bonds. The van der Waals surface area contributed by atoms with Gasteiger partial charge in [0.05, 0.1) is 19.0 Å². The van der Waals surface area contributed by atoms with E-state index in [2.05, 4.69) is 46.4 Å². The Kier molecular flexibility index (Phi) is 5.31. The van der Waals surface area contributed by atoms with Crippen LogP contribution < -0.4 is 0 Å². The fourth-order valence-electron chi connectivity index (χ4n) is 4.95. The summed E-state index contributed by atoms with van der Waals surface area (Å²) >= 11 is 0. The van der Waals surface area contributed by atoms with Crippen LogP contribution in [0.1, 0.15) is 41.1 Å². The Morgan fingerprint density at radius 1 is 1.06 bits per heavy atom. The van der Waals surface area contributed by atoms with Crippen LogP contribution in [0.25, 0.3) is 21.8 Å². The highest BCUT2D eigenvalue weighted by molar-refractivity contribution is 6.09. The number of carbonyl (C=O) groups excluding carboxylic acids is 1. The molecule has 2 aromatic carbocycles. The third-order valence-electron chi connectivity index (χ3n) is 6.57. The Morgan fingerprint density at radius 3 is 2.61 bits per heavy atom. The van der Waals surface area contributed by atoms with E-state index in [1.54, 1.807) is 0 Å². The second-order valence-corrected chi connectivity index (χ2v) is 8.42. The molecule has 0 aliphatic carbocycles. The fraction of sp³-hybridized carbons (Fsp3) is 0.308. The highest BCUT2D eigenvalue weighted by Gasteiger charge is 2.25. The standard InChI is InChI=1S/C26H26N4O/c27-12-5-13-30-17-23(21-7-2-4-9-25(21)30)26(31)18-29-14-10-19(11-15-29)22-16-28-24-8-3-1-6-20(22)24/h1-4,6-9,16-17,19,28H,5,10-11,13-15,18H2. The molecule has 1 aliphatic heterocycles. The van der Waals surface area contributed by atoms with E-state index >= 15 is 0 Å². The van der Waals surface area contributed by atoms with Crippen LogP contribution in [0.15, 0.2) is 60.9 Å². The number of ketones is 1. The smallest absolute Gasteiger partial charge is 0.178 e. The van der Waals surface area contributed by atoms with Crippen molar-refractivity contribution in [3.8, 4) is 6.07 Å². The highest BCUT2D eigenvalue weighted by Crippen LogP contribution is 2.33. The van der Waals surface area contributed by atoms with Crippen molar-refractivity contribution in [2.24, 2.45) is 0 Å². The lowest BCUT2D eigenvalue weighted by Crippen LogP contribution is -2.36. The average molecular weight is 411 g/mol. The first-order valence-corrected chi connectivity index (χ1v) is 11.0. The molecule has 0 bridgehead atoms. The predicted octanol–water partition coefficient (Wildman–Crippen LogP) is 5.10. The largest absolute Gasteiger partial charge is 0.361 e. The van der Waals surface area contributed by atoms with E-state index in [1.807, 2.05) is 35.0 Å². The molecule has 5 nitrogen and oxygen atoms in total. The Morgan fingerprint density at radius 2 is 1.81 bits per heavy atom. The van der Waals surface area contributed by atoms with Crippen LogP contribution >= 0.6 is 0 Å². The number of hydrogen-bond acceptors (Lipinski definition) is 3. The van der Waals surface area contributed by atoms with Gasteiger partial charge in [-0.3, -0.25) is 9.69 Å². The topological polar surface area (TPSA) is 64.8 Å². The van der Waals surface area contributed by atoms with Crippen LogP contribution in [0.5, 0.6) is 0 Å². The summed E-state index contributed by atoms with van der Waals surface area (Å²) < 4.78 is 2.04. The molecule has 0 saturated carbocycles. The number of likely N-dealkylation sites (tertiary alicyclic amines) is 1. The minimum absolute atomic E-state index is 0.164. The molecule has 0 unspecified atom stereocenters. The number of aromatic nitrogens is 2. The summed E-state index contributed by atoms with van der Waals surface area (Å²) in [6.07, 6.45) is 6.67. The lowest BCUT2D eigenvalue weighted by Gasteiger charge is -2.31. The summed E-state index contributed by atoms with van der Waals surface area (Å²) in [5.41, 5.74) is 4.40. The number of piperidine rings is 1. The molecule has 1 aliphatic rings. The first-order valence-electron chi connectivity index (χ1n) is 11.0. The molecule has 156 valence electrons. The van der Waals surface area contributed by atoms with Gasteiger partial charge in [0.2, 0.25) is 0 Å². The SMILES string of the molecule is N#CCCn1cc(C(=O)CN2CCC(c3c[nH]c4ccccc34)CC2)c2ccccc21. The van der Waals surface area contributed by atoms with Gasteiger partial charge in [0.25, 0.3) is 0 Å². The molecule has 0 radical (unpaired) electrons. The quantitative estimate of drug-likeness (QED) is 0.450. The summed E-state index contributed by atoms with van der Waals surface area (Å²) in [4.78, 5) is 18.9. The second kappa shape index (κ2) is 8.41. The van der Waals surface area contributed by atoms with Crippen molar-refractivity contribution in [3.05, 3.63) is 72.1 Å². The van der Waals surface area contributed by atoms with Crippen LogP contribution in [0.3, 0.4) is 0 Å². The van der Waals surface area contributed by atoms with Crippen molar-refractivity contribution in [1.29, 1.82) is 5.26 Å². The third-order valence-corrected chi connectivity index (χ3v) is 6.57. The molecule has 1 fully saturated rings. The number of H-pyrrole nitrogens is 1. The number of fused-ring (bicyclic) bond motifs is 2. The van der Waals surface area contributed by atoms with Crippen LogP contribution in [0.4, 0.5) is 0 Å². The highest BCUT2D eigenvalue weighted by atomic mass is 16.1. The van der Waals surface area contributed by atoms with E-state index < -0.39 is 0 Å². The second-order valence-electron chi connectivity index (χ2n) is 8.42. The molecule has 0 atom stereocenters. The molecule has 1 N–H and O–H groups in total. The number of para-hydroxylation sites is 2. The van der Waals surface area contributed by atoms with Gasteiger partial charge in [-0.25, -0.2) is 0 Å². The van der Waals surface area contributed by atoms with E-state index in [9.17, 15) is 4.79 Å². The van der Waals surface area contributed by atoms with Gasteiger partial charge in [0.15, 0.2) is 5.78 Å². The van der Waals surface area contributed by atoms with Crippen LogP contribution in [0.2, 0.25) is 0 Å². The van der Waals surface area contributed by atoms with Crippen LogP contribution in [0, 0.1) is 11.3 Å². The van der Waals surface area contributed by atoms with Gasteiger partial charge in [-0.05, 0) is 49.5 Å². The van der Waals surface area contributed by atoms with Crippen molar-refractivity contribution in [2.75, 3.05) is 19.6 Å². The molecule has 2 aromatic heterocycles. The molecule has 0 spiro atoms. The summed E-state index contributed by atoms with van der Waals surface area (Å²) in [7, 11) is 0. The lowest BCUT2D eigenvalue weighted by molar-refractivity contribution is 0.0911. The number of benzene rings is 2. The number of aryl methyl sites for hydroxylation is 1. The Labute approximate surface area is 181 Å². The number of rotatable bonds is 6. The Hall–Kier alpha value is -3.36. The molecule has 3 heterocycles. The van der Waals surface area contributed by atoms with Crippen molar-refractivity contribution >= 4 is 27.6 Å². The maximum atomic E-state index is 13.2. The molecular weight excluding hydrogens is 384 g/mol. The van der Waals surface area contributed by atoms with Crippen molar-refractivity contribution in [3.63, 3.8) is 0 Å². The first kappa shape index (κ1) is 19.6. The number of hydrogen-bond donors (Lipinski definition) is 1. The normalized spacial score (nSPS) is 15.5. The van der Waals surface area contributed by atoms with Crippen LogP contribution in [-0.4, -0.2) is 39.9 Å². The molecule has 4 aromatic rings. The number of Topliss-reactive ketones (excluding diaryl/α,β-unsaturated/α-hetero) is 1. The van der Waals surface area contributed by atoms with E-state index in [0.29, 0.717) is 25.4 Å². The first-order chi connectivity index (χ1) is 15.2. The van der Waals surface area contributed by atoms with Gasteiger partial charge in [-0.2, -0.15) is 5.26 Å². The van der Waals surface area contributed by atoms with Gasteiger partial charge >= 0.3 is 0 Å². The van der Waals surface area contributed by atoms with Gasteiger partial charge < -0.3 is 9.55 Å². The van der Waals surface area contributed by atoms with Crippen molar-refractivity contribution in [2.45, 2.75) is 31.7 Å². The van der Waals surface area contributed by atoms with Gasteiger partial charge in [0, 0.05) is 46.3 Å². The zero-order chi connectivity index (χ0) is 21.2. The van der Waals surface area contributed by atoms with Crippen molar-refractivity contribution < 1.29 is 4.79 Å². The maximum absolute atomic E-state index is 13.2. The zero-order valence-electron chi connectivity index (χ0n) is 17.6. The maximum Gasteiger partial charge on any atom is 0.178 e. The van der Waals surface area contributed by atoms with E-state index in [4.69, 9.17) is 5.26 Å². The average Bonchev–Trinajstić information content (AvgIpc) is 3.40. The minimum atomic E-state index is 0.164. The minimum Gasteiger partial charge on any atom is -0.361 e. The third kappa shape index (κ3) is 3.75. The van der Waals surface area contributed by atoms with E-state index in [0.717, 1.165) is 42.4 Å². The molecule has 1 saturated heterocycles. The number of nitriles is 1. The summed E-state index contributed by atoms with van der Waals surface area (Å²) in [5.74, 6) is 0.702. The molecule has 5 rings (SSSR count). The number of nitrogens with one attached hydrogen (secondary N) is 1. The lowest BCUT2D eigenvalue weighted by atomic mass is 9.89. The summed E-state index contributed by atoms with van der Waals surface area (Å²) in [5, 5.41) is 11.2. The van der Waals surface area contributed by atoms with Gasteiger partial charge in [-0.1, -0.05) is 36.4 Å². The van der Waals surface area contributed by atoms with E-state index in [-0.39, 0.29) is 5.78 Å². The summed E-state index contributed by atoms with van der Waals surface area (Å²) in [6, 6.07) is 18.7. The fourth-order valence-corrected chi connectivity index (χ4v) is 4.95. The molecular formula is C26H26N4O.